The van der Waals surface area contributed by atoms with E-state index in [1.54, 1.807) is 13.2 Å². The van der Waals surface area contributed by atoms with Crippen molar-refractivity contribution in [2.24, 2.45) is 0 Å². The number of benzene rings is 2. The van der Waals surface area contributed by atoms with Gasteiger partial charge in [-0.15, -0.1) is 0 Å². The summed E-state index contributed by atoms with van der Waals surface area (Å²) in [7, 11) is 1.60. The quantitative estimate of drug-likeness (QED) is 0.925. The van der Waals surface area contributed by atoms with Crippen LogP contribution in [-0.4, -0.2) is 18.2 Å². The van der Waals surface area contributed by atoms with Gasteiger partial charge < -0.3 is 9.84 Å². The van der Waals surface area contributed by atoms with Crippen molar-refractivity contribution in [2.45, 2.75) is 13.8 Å². The Balaban J connectivity index is 2.55. The Kier molecular flexibility index (Phi) is 3.74. The van der Waals surface area contributed by atoms with E-state index in [1.807, 2.05) is 26.0 Å². The average molecular weight is 274 g/mol. The van der Waals surface area contributed by atoms with Crippen LogP contribution in [0.1, 0.15) is 21.5 Å². The van der Waals surface area contributed by atoms with Crippen LogP contribution in [0.2, 0.25) is 0 Å². The lowest BCUT2D eigenvalue weighted by molar-refractivity contribution is 0.0692. The number of ether oxygens (including phenoxy) is 1. The summed E-state index contributed by atoms with van der Waals surface area (Å²) in [6.45, 7) is 3.81. The number of carbonyl (C=O) groups is 1. The third-order valence-electron chi connectivity index (χ3n) is 3.25. The normalized spacial score (nSPS) is 10.4. The lowest BCUT2D eigenvalue weighted by Gasteiger charge is -2.12. The zero-order chi connectivity index (χ0) is 14.9. The van der Waals surface area contributed by atoms with E-state index in [4.69, 9.17) is 9.84 Å². The minimum atomic E-state index is -1.27. The van der Waals surface area contributed by atoms with Crippen molar-refractivity contribution in [1.82, 2.24) is 0 Å². The molecule has 0 saturated carbocycles. The molecule has 0 aromatic heterocycles. The monoisotopic (exact) mass is 274 g/mol. The third kappa shape index (κ3) is 2.50. The Labute approximate surface area is 116 Å². The molecule has 0 saturated heterocycles. The number of carboxylic acid groups (broad SMARTS) is 1. The molecule has 0 atom stereocenters. The summed E-state index contributed by atoms with van der Waals surface area (Å²) >= 11 is 0. The van der Waals surface area contributed by atoms with E-state index >= 15 is 0 Å². The SMILES string of the molecule is COc1cc(C)c(-c2ccc(C(=O)O)c(F)c2)cc1C. The van der Waals surface area contributed by atoms with Crippen molar-refractivity contribution in [3.8, 4) is 16.9 Å². The molecule has 0 aliphatic rings. The van der Waals surface area contributed by atoms with Crippen molar-refractivity contribution in [1.29, 1.82) is 0 Å². The van der Waals surface area contributed by atoms with E-state index in [0.29, 0.717) is 5.56 Å². The van der Waals surface area contributed by atoms with Gasteiger partial charge in [0, 0.05) is 0 Å². The van der Waals surface area contributed by atoms with E-state index in [2.05, 4.69) is 0 Å². The van der Waals surface area contributed by atoms with Crippen molar-refractivity contribution >= 4 is 5.97 Å². The van der Waals surface area contributed by atoms with E-state index in [9.17, 15) is 9.18 Å². The number of carboxylic acids is 1. The molecule has 0 fully saturated rings. The molecule has 0 heterocycles. The van der Waals surface area contributed by atoms with Gasteiger partial charge in [0.2, 0.25) is 0 Å². The molecule has 0 spiro atoms. The number of methoxy groups -OCH3 is 1. The van der Waals surface area contributed by atoms with E-state index in [-0.39, 0.29) is 5.56 Å². The fourth-order valence-corrected chi connectivity index (χ4v) is 2.18. The summed E-state index contributed by atoms with van der Waals surface area (Å²) in [5.74, 6) is -1.23. The highest BCUT2D eigenvalue weighted by Crippen LogP contribution is 2.30. The third-order valence-corrected chi connectivity index (χ3v) is 3.25. The summed E-state index contributed by atoms with van der Waals surface area (Å²) in [6.07, 6.45) is 0. The number of halogens is 1. The van der Waals surface area contributed by atoms with Gasteiger partial charge in [-0.05, 0) is 60.4 Å². The van der Waals surface area contributed by atoms with Crippen LogP contribution in [0.5, 0.6) is 5.75 Å². The van der Waals surface area contributed by atoms with Gasteiger partial charge in [0.15, 0.2) is 0 Å². The highest BCUT2D eigenvalue weighted by Gasteiger charge is 2.13. The fraction of sp³-hybridized carbons (Fsp3) is 0.188. The van der Waals surface area contributed by atoms with E-state index in [0.717, 1.165) is 22.4 Å². The Hall–Kier alpha value is -2.36. The van der Waals surface area contributed by atoms with Gasteiger partial charge in [-0.2, -0.15) is 0 Å². The molecule has 3 nitrogen and oxygen atoms in total. The Bertz CT molecular complexity index is 678. The molecule has 0 radical (unpaired) electrons. The van der Waals surface area contributed by atoms with Gasteiger partial charge in [-0.25, -0.2) is 9.18 Å². The second kappa shape index (κ2) is 5.33. The topological polar surface area (TPSA) is 46.5 Å². The molecule has 0 bridgehead atoms. The van der Waals surface area contributed by atoms with Crippen LogP contribution >= 0.6 is 0 Å². The van der Waals surface area contributed by atoms with Crippen LogP contribution < -0.4 is 4.74 Å². The molecule has 2 aromatic rings. The molecule has 104 valence electrons. The number of hydrogen-bond acceptors (Lipinski definition) is 2. The molecule has 0 aliphatic heterocycles. The predicted octanol–water partition coefficient (Wildman–Crippen LogP) is 3.82. The number of hydrogen-bond donors (Lipinski definition) is 1. The predicted molar refractivity (Wildman–Crippen MR) is 74.8 cm³/mol. The maximum atomic E-state index is 13.8. The van der Waals surface area contributed by atoms with Gasteiger partial charge in [0.05, 0.1) is 12.7 Å². The van der Waals surface area contributed by atoms with Crippen LogP contribution in [0.3, 0.4) is 0 Å². The summed E-state index contributed by atoms with van der Waals surface area (Å²) in [4.78, 5) is 10.8. The molecule has 0 aliphatic carbocycles. The highest BCUT2D eigenvalue weighted by molar-refractivity contribution is 5.88. The largest absolute Gasteiger partial charge is 0.496 e. The van der Waals surface area contributed by atoms with Gasteiger partial charge in [0.1, 0.15) is 11.6 Å². The second-order valence-corrected chi connectivity index (χ2v) is 4.64. The standard InChI is InChI=1S/C16H15FO3/c1-9-7-15(20-3)10(2)6-13(9)11-4-5-12(16(18)19)14(17)8-11/h4-8H,1-3H3,(H,18,19). The van der Waals surface area contributed by atoms with Gasteiger partial charge in [-0.1, -0.05) is 6.07 Å². The van der Waals surface area contributed by atoms with Crippen molar-refractivity contribution < 1.29 is 19.0 Å². The van der Waals surface area contributed by atoms with Gasteiger partial charge >= 0.3 is 5.97 Å². The summed E-state index contributed by atoms with van der Waals surface area (Å²) < 4.78 is 19.0. The molecular weight excluding hydrogens is 259 g/mol. The summed E-state index contributed by atoms with van der Waals surface area (Å²) in [5, 5.41) is 8.84. The first kappa shape index (κ1) is 14.1. The number of aromatic carboxylic acids is 1. The Morgan fingerprint density at radius 3 is 2.40 bits per heavy atom. The van der Waals surface area contributed by atoms with Crippen molar-refractivity contribution in [3.63, 3.8) is 0 Å². The van der Waals surface area contributed by atoms with Crippen LogP contribution in [0, 0.1) is 19.7 Å². The van der Waals surface area contributed by atoms with Crippen LogP contribution in [0.15, 0.2) is 30.3 Å². The molecule has 0 amide bonds. The zero-order valence-electron chi connectivity index (χ0n) is 11.5. The first-order valence-corrected chi connectivity index (χ1v) is 6.12. The summed E-state index contributed by atoms with van der Waals surface area (Å²) in [5.41, 5.74) is 3.07. The molecule has 20 heavy (non-hydrogen) atoms. The Morgan fingerprint density at radius 2 is 1.85 bits per heavy atom. The Morgan fingerprint density at radius 1 is 1.15 bits per heavy atom. The molecule has 2 aromatic carbocycles. The lowest BCUT2D eigenvalue weighted by Crippen LogP contribution is -2.00. The highest BCUT2D eigenvalue weighted by atomic mass is 19.1. The summed E-state index contributed by atoms with van der Waals surface area (Å²) in [6, 6.07) is 7.93. The van der Waals surface area contributed by atoms with Crippen molar-refractivity contribution in [3.05, 3.63) is 52.8 Å². The smallest absolute Gasteiger partial charge is 0.338 e. The minimum absolute atomic E-state index is 0.323. The second-order valence-electron chi connectivity index (χ2n) is 4.64. The minimum Gasteiger partial charge on any atom is -0.496 e. The van der Waals surface area contributed by atoms with Gasteiger partial charge in [0.25, 0.3) is 0 Å². The number of rotatable bonds is 3. The molecule has 2 rings (SSSR count). The number of aryl methyl sites for hydroxylation is 2. The van der Waals surface area contributed by atoms with Crippen molar-refractivity contribution in [2.75, 3.05) is 7.11 Å². The zero-order valence-corrected chi connectivity index (χ0v) is 11.5. The van der Waals surface area contributed by atoms with Crippen LogP contribution in [0.25, 0.3) is 11.1 Å². The first-order chi connectivity index (χ1) is 9.43. The van der Waals surface area contributed by atoms with Crippen LogP contribution in [-0.2, 0) is 0 Å². The van der Waals surface area contributed by atoms with Gasteiger partial charge in [-0.3, -0.25) is 0 Å². The van der Waals surface area contributed by atoms with E-state index in [1.165, 1.54) is 12.1 Å². The lowest BCUT2D eigenvalue weighted by atomic mass is 9.97. The molecular formula is C16H15FO3. The van der Waals surface area contributed by atoms with E-state index < -0.39 is 11.8 Å². The molecule has 1 N–H and O–H groups in total. The maximum absolute atomic E-state index is 13.8. The molecule has 4 heteroatoms. The first-order valence-electron chi connectivity index (χ1n) is 6.12. The maximum Gasteiger partial charge on any atom is 0.338 e. The fourth-order valence-electron chi connectivity index (χ4n) is 2.18. The molecule has 0 unspecified atom stereocenters. The van der Waals surface area contributed by atoms with Crippen LogP contribution in [0.4, 0.5) is 4.39 Å². The average Bonchev–Trinajstić information content (AvgIpc) is 2.40.